The van der Waals surface area contributed by atoms with Crippen molar-refractivity contribution in [1.29, 1.82) is 0 Å². The highest BCUT2D eigenvalue weighted by molar-refractivity contribution is 6.02. The molecule has 1 heterocycles. The van der Waals surface area contributed by atoms with Gasteiger partial charge in [0.2, 0.25) is 11.8 Å². The fourth-order valence-corrected chi connectivity index (χ4v) is 2.42. The number of carbonyl (C=O) groups excluding carboxylic acids is 2. The van der Waals surface area contributed by atoms with Crippen LogP contribution in [0.2, 0.25) is 0 Å². The van der Waals surface area contributed by atoms with Crippen molar-refractivity contribution in [3.8, 4) is 0 Å². The van der Waals surface area contributed by atoms with E-state index in [2.05, 4.69) is 10.6 Å². The molecule has 1 unspecified atom stereocenters. The van der Waals surface area contributed by atoms with Gasteiger partial charge in [-0.15, -0.1) is 0 Å². The van der Waals surface area contributed by atoms with E-state index in [1.165, 1.54) is 0 Å². The van der Waals surface area contributed by atoms with Crippen LogP contribution < -0.4 is 10.6 Å². The highest BCUT2D eigenvalue weighted by atomic mass is 16.2. The van der Waals surface area contributed by atoms with Crippen LogP contribution in [0.15, 0.2) is 0 Å². The molecule has 1 aliphatic heterocycles. The molecule has 2 aliphatic rings. The van der Waals surface area contributed by atoms with Crippen LogP contribution in [0.4, 0.5) is 0 Å². The van der Waals surface area contributed by atoms with E-state index in [9.17, 15) is 9.59 Å². The van der Waals surface area contributed by atoms with Gasteiger partial charge in [-0.2, -0.15) is 0 Å². The Labute approximate surface area is 89.8 Å². The SMILES string of the molecule is CCC1(C)NC(=O)C2(CCCC2)NC1=O. The third-order valence-corrected chi connectivity index (χ3v) is 3.84. The van der Waals surface area contributed by atoms with Crippen LogP contribution in [0, 0.1) is 0 Å². The number of hydrogen-bond donors (Lipinski definition) is 2. The Kier molecular flexibility index (Phi) is 2.24. The lowest BCUT2D eigenvalue weighted by molar-refractivity contribution is -0.145. The first-order valence-electron chi connectivity index (χ1n) is 5.68. The zero-order chi connectivity index (χ0) is 11.1. The largest absolute Gasteiger partial charge is 0.340 e. The summed E-state index contributed by atoms with van der Waals surface area (Å²) in [5, 5.41) is 5.81. The van der Waals surface area contributed by atoms with Gasteiger partial charge in [0.1, 0.15) is 11.1 Å². The Morgan fingerprint density at radius 2 is 1.73 bits per heavy atom. The van der Waals surface area contributed by atoms with Gasteiger partial charge < -0.3 is 10.6 Å². The van der Waals surface area contributed by atoms with Crippen molar-refractivity contribution in [3.05, 3.63) is 0 Å². The zero-order valence-corrected chi connectivity index (χ0v) is 9.35. The van der Waals surface area contributed by atoms with Crippen LogP contribution in [0.1, 0.15) is 46.0 Å². The van der Waals surface area contributed by atoms with E-state index in [0.29, 0.717) is 6.42 Å². The molecule has 1 saturated heterocycles. The summed E-state index contributed by atoms with van der Waals surface area (Å²) in [5.74, 6) is -0.0320. The predicted molar refractivity (Wildman–Crippen MR) is 56.2 cm³/mol. The van der Waals surface area contributed by atoms with Gasteiger partial charge in [0.25, 0.3) is 0 Å². The molecule has 1 atom stereocenters. The molecule has 2 rings (SSSR count). The summed E-state index contributed by atoms with van der Waals surface area (Å²) >= 11 is 0. The number of amides is 2. The van der Waals surface area contributed by atoms with Crippen LogP contribution >= 0.6 is 0 Å². The summed E-state index contributed by atoms with van der Waals surface area (Å²) in [5.41, 5.74) is -1.31. The van der Waals surface area contributed by atoms with Crippen LogP contribution in [0.5, 0.6) is 0 Å². The van der Waals surface area contributed by atoms with E-state index in [1.54, 1.807) is 6.92 Å². The van der Waals surface area contributed by atoms with E-state index < -0.39 is 11.1 Å². The van der Waals surface area contributed by atoms with Crippen LogP contribution in [-0.4, -0.2) is 22.9 Å². The van der Waals surface area contributed by atoms with Crippen LogP contribution in [-0.2, 0) is 9.59 Å². The summed E-state index contributed by atoms with van der Waals surface area (Å²) in [6.07, 6.45) is 4.24. The van der Waals surface area contributed by atoms with E-state index in [1.807, 2.05) is 6.92 Å². The van der Waals surface area contributed by atoms with Gasteiger partial charge in [0.05, 0.1) is 0 Å². The van der Waals surface area contributed by atoms with Crippen molar-refractivity contribution in [2.75, 3.05) is 0 Å². The second-order valence-electron chi connectivity index (χ2n) is 4.88. The summed E-state index contributed by atoms with van der Waals surface area (Å²) in [6, 6.07) is 0. The smallest absolute Gasteiger partial charge is 0.246 e. The second-order valence-corrected chi connectivity index (χ2v) is 4.88. The molecule has 0 aromatic heterocycles. The maximum atomic E-state index is 12.0. The van der Waals surface area contributed by atoms with Gasteiger partial charge in [0, 0.05) is 0 Å². The minimum Gasteiger partial charge on any atom is -0.340 e. The van der Waals surface area contributed by atoms with Crippen molar-refractivity contribution in [3.63, 3.8) is 0 Å². The summed E-state index contributed by atoms with van der Waals surface area (Å²) in [6.45, 7) is 3.69. The van der Waals surface area contributed by atoms with Crippen molar-refractivity contribution in [1.82, 2.24) is 10.6 Å². The van der Waals surface area contributed by atoms with E-state index >= 15 is 0 Å². The topological polar surface area (TPSA) is 58.2 Å². The van der Waals surface area contributed by atoms with Crippen molar-refractivity contribution in [2.45, 2.75) is 57.0 Å². The number of piperazine rings is 1. The molecule has 0 bridgehead atoms. The highest BCUT2D eigenvalue weighted by Crippen LogP contribution is 2.33. The third-order valence-electron chi connectivity index (χ3n) is 3.84. The first-order chi connectivity index (χ1) is 7.02. The van der Waals surface area contributed by atoms with Gasteiger partial charge in [0.15, 0.2) is 0 Å². The molecule has 1 aliphatic carbocycles. The van der Waals surface area contributed by atoms with Gasteiger partial charge in [-0.25, -0.2) is 0 Å². The minimum absolute atomic E-state index is 0.00366. The molecule has 1 spiro atoms. The number of nitrogens with one attached hydrogen (secondary N) is 2. The van der Waals surface area contributed by atoms with Crippen LogP contribution in [0.3, 0.4) is 0 Å². The fraction of sp³-hybridized carbons (Fsp3) is 0.818. The Morgan fingerprint density at radius 3 is 2.27 bits per heavy atom. The Balaban J connectivity index is 2.23. The first-order valence-corrected chi connectivity index (χ1v) is 5.68. The average Bonchev–Trinajstić information content (AvgIpc) is 2.65. The molecule has 0 aromatic rings. The molecular weight excluding hydrogens is 192 g/mol. The van der Waals surface area contributed by atoms with Crippen molar-refractivity contribution < 1.29 is 9.59 Å². The number of hydrogen-bond acceptors (Lipinski definition) is 2. The maximum absolute atomic E-state index is 12.0. The Morgan fingerprint density at radius 1 is 1.13 bits per heavy atom. The van der Waals surface area contributed by atoms with E-state index in [0.717, 1.165) is 25.7 Å². The third kappa shape index (κ3) is 1.43. The number of rotatable bonds is 1. The van der Waals surface area contributed by atoms with Gasteiger partial charge in [-0.1, -0.05) is 19.8 Å². The average molecular weight is 210 g/mol. The molecule has 2 amide bonds. The molecule has 15 heavy (non-hydrogen) atoms. The predicted octanol–water partition coefficient (Wildman–Crippen LogP) is 0.714. The van der Waals surface area contributed by atoms with E-state index in [-0.39, 0.29) is 11.8 Å². The van der Waals surface area contributed by atoms with Gasteiger partial charge in [-0.05, 0) is 26.2 Å². The molecule has 2 N–H and O–H groups in total. The highest BCUT2D eigenvalue weighted by Gasteiger charge is 2.51. The lowest BCUT2D eigenvalue weighted by atomic mass is 9.86. The summed E-state index contributed by atoms with van der Waals surface area (Å²) < 4.78 is 0. The van der Waals surface area contributed by atoms with Gasteiger partial charge in [-0.3, -0.25) is 9.59 Å². The first kappa shape index (κ1) is 10.5. The molecule has 1 saturated carbocycles. The monoisotopic (exact) mass is 210 g/mol. The lowest BCUT2D eigenvalue weighted by Crippen LogP contribution is -2.73. The second kappa shape index (κ2) is 3.22. The van der Waals surface area contributed by atoms with Crippen molar-refractivity contribution >= 4 is 11.8 Å². The molecule has 4 heteroatoms. The molecule has 0 radical (unpaired) electrons. The molecule has 4 nitrogen and oxygen atoms in total. The minimum atomic E-state index is -0.717. The van der Waals surface area contributed by atoms with E-state index in [4.69, 9.17) is 0 Å². The molecule has 2 fully saturated rings. The standard InChI is InChI=1S/C11H18N2O2/c1-3-10(2)8(14)13-11(9(15)12-10)6-4-5-7-11/h3-7H2,1-2H3,(H,12,15)(H,13,14). The van der Waals surface area contributed by atoms with Crippen LogP contribution in [0.25, 0.3) is 0 Å². The van der Waals surface area contributed by atoms with Gasteiger partial charge >= 0.3 is 0 Å². The van der Waals surface area contributed by atoms with Crippen molar-refractivity contribution in [2.24, 2.45) is 0 Å². The number of carbonyl (C=O) groups is 2. The summed E-state index contributed by atoms with van der Waals surface area (Å²) in [4.78, 5) is 23.9. The molecular formula is C11H18N2O2. The Hall–Kier alpha value is -1.06. The maximum Gasteiger partial charge on any atom is 0.246 e. The normalized spacial score (nSPS) is 34.0. The fourth-order valence-electron chi connectivity index (χ4n) is 2.42. The Bertz CT molecular complexity index is 308. The summed E-state index contributed by atoms with van der Waals surface area (Å²) in [7, 11) is 0. The zero-order valence-electron chi connectivity index (χ0n) is 9.35. The molecule has 84 valence electrons. The molecule has 0 aromatic carbocycles. The lowest BCUT2D eigenvalue weighted by Gasteiger charge is -2.42. The quantitative estimate of drug-likeness (QED) is 0.669.